The lowest BCUT2D eigenvalue weighted by Crippen LogP contribution is -2.36. The number of hydrogen-bond donors (Lipinski definition) is 0. The molecule has 3 nitrogen and oxygen atoms in total. The van der Waals surface area contributed by atoms with Gasteiger partial charge >= 0.3 is 0 Å². The SMILES string of the molecule is c1ccc(-c2ccc(N(c3ccc(-c4ccc5c(c4)N(c4ccccc4)c4ccccc4C54c5ccccc5-c5ccccc54)cc3)c3cc4cccc5c6cccc7c8ccccc8n(c(c3)c45)c67)cc2)cc1. The van der Waals surface area contributed by atoms with Gasteiger partial charge < -0.3 is 14.2 Å². The zero-order chi connectivity index (χ0) is 48.5. The maximum atomic E-state index is 2.51. The quantitative estimate of drug-likeness (QED) is 0.122. The van der Waals surface area contributed by atoms with Crippen molar-refractivity contribution >= 4 is 83.0 Å². The van der Waals surface area contributed by atoms with Crippen LogP contribution in [0.3, 0.4) is 0 Å². The van der Waals surface area contributed by atoms with Crippen molar-refractivity contribution in [3.8, 4) is 33.4 Å². The van der Waals surface area contributed by atoms with E-state index >= 15 is 0 Å². The van der Waals surface area contributed by atoms with E-state index < -0.39 is 5.41 Å². The van der Waals surface area contributed by atoms with Gasteiger partial charge in [0.05, 0.1) is 33.3 Å². The van der Waals surface area contributed by atoms with E-state index in [1.54, 1.807) is 0 Å². The molecule has 1 aliphatic heterocycles. The first kappa shape index (κ1) is 41.0. The van der Waals surface area contributed by atoms with Gasteiger partial charge in [0.2, 0.25) is 0 Å². The summed E-state index contributed by atoms with van der Waals surface area (Å²) in [5, 5.41) is 7.59. The molecule has 16 rings (SSSR count). The minimum Gasteiger partial charge on any atom is -0.310 e. The summed E-state index contributed by atoms with van der Waals surface area (Å²) in [4.78, 5) is 4.92. The Morgan fingerprint density at radius 1 is 0.311 bits per heavy atom. The molecule has 0 radical (unpaired) electrons. The lowest BCUT2D eigenvalue weighted by molar-refractivity contribution is 0.753. The highest BCUT2D eigenvalue weighted by molar-refractivity contribution is 6.27. The summed E-state index contributed by atoms with van der Waals surface area (Å²) >= 11 is 0. The zero-order valence-corrected chi connectivity index (χ0v) is 40.3. The zero-order valence-electron chi connectivity index (χ0n) is 40.3. The van der Waals surface area contributed by atoms with Gasteiger partial charge in [0.1, 0.15) is 0 Å². The van der Waals surface area contributed by atoms with E-state index in [0.29, 0.717) is 0 Å². The first-order valence-corrected chi connectivity index (χ1v) is 25.7. The van der Waals surface area contributed by atoms with Crippen molar-refractivity contribution in [1.29, 1.82) is 0 Å². The van der Waals surface area contributed by atoms with E-state index in [0.717, 1.165) is 33.9 Å². The number of aromatic nitrogens is 1. The topological polar surface area (TPSA) is 10.9 Å². The average molecular weight is 940 g/mol. The van der Waals surface area contributed by atoms with Gasteiger partial charge in [-0.3, -0.25) is 0 Å². The van der Waals surface area contributed by atoms with E-state index in [9.17, 15) is 0 Å². The number of para-hydroxylation sites is 4. The number of nitrogens with zero attached hydrogens (tertiary/aromatic N) is 3. The smallest absolute Gasteiger partial charge is 0.0754 e. The number of pyridine rings is 1. The van der Waals surface area contributed by atoms with Crippen LogP contribution in [0.1, 0.15) is 22.3 Å². The van der Waals surface area contributed by atoms with Gasteiger partial charge in [-0.25, -0.2) is 0 Å². The molecular weight excluding hydrogens is 895 g/mol. The lowest BCUT2D eigenvalue weighted by atomic mass is 9.64. The summed E-state index contributed by atoms with van der Waals surface area (Å²) in [6.07, 6.45) is 0. The minimum atomic E-state index is -0.496. The van der Waals surface area contributed by atoms with Crippen molar-refractivity contribution in [2.75, 3.05) is 9.80 Å². The molecule has 0 amide bonds. The van der Waals surface area contributed by atoms with Crippen molar-refractivity contribution in [3.05, 3.63) is 295 Å². The van der Waals surface area contributed by atoms with Crippen LogP contribution in [0.15, 0.2) is 273 Å². The van der Waals surface area contributed by atoms with Crippen LogP contribution in [0, 0.1) is 0 Å². The Balaban J connectivity index is 0.889. The molecule has 1 aliphatic carbocycles. The molecule has 2 aliphatic rings. The Kier molecular flexibility index (Phi) is 8.66. The van der Waals surface area contributed by atoms with E-state index in [-0.39, 0.29) is 0 Å². The highest BCUT2D eigenvalue weighted by atomic mass is 15.2. The highest BCUT2D eigenvalue weighted by Crippen LogP contribution is 2.63. The van der Waals surface area contributed by atoms with Crippen molar-refractivity contribution in [2.24, 2.45) is 0 Å². The van der Waals surface area contributed by atoms with Crippen molar-refractivity contribution in [1.82, 2.24) is 4.40 Å². The Bertz CT molecular complexity index is 4490. The molecule has 12 aromatic carbocycles. The predicted molar refractivity (Wildman–Crippen MR) is 310 cm³/mol. The fourth-order valence-corrected chi connectivity index (χ4v) is 13.2. The van der Waals surface area contributed by atoms with E-state index in [2.05, 4.69) is 287 Å². The molecule has 1 spiro atoms. The number of anilines is 6. The van der Waals surface area contributed by atoms with Gasteiger partial charge in [0.15, 0.2) is 0 Å². The van der Waals surface area contributed by atoms with Crippen molar-refractivity contribution < 1.29 is 0 Å². The highest BCUT2D eigenvalue weighted by Gasteiger charge is 2.51. The molecule has 2 aromatic heterocycles. The molecule has 74 heavy (non-hydrogen) atoms. The lowest BCUT2D eigenvalue weighted by Gasteiger charge is -2.45. The largest absolute Gasteiger partial charge is 0.310 e. The van der Waals surface area contributed by atoms with E-state index in [1.165, 1.54) is 105 Å². The minimum absolute atomic E-state index is 0.496. The van der Waals surface area contributed by atoms with Crippen LogP contribution in [-0.2, 0) is 5.41 Å². The molecule has 0 saturated heterocycles. The van der Waals surface area contributed by atoms with Crippen LogP contribution in [0.5, 0.6) is 0 Å². The second kappa shape index (κ2) is 15.6. The normalized spacial score (nSPS) is 13.2. The predicted octanol–water partition coefficient (Wildman–Crippen LogP) is 18.9. The second-order valence-corrected chi connectivity index (χ2v) is 20.0. The molecule has 344 valence electrons. The van der Waals surface area contributed by atoms with Crippen LogP contribution in [0.2, 0.25) is 0 Å². The number of benzene rings is 12. The fourth-order valence-electron chi connectivity index (χ4n) is 13.2. The Morgan fingerprint density at radius 3 is 1.57 bits per heavy atom. The van der Waals surface area contributed by atoms with E-state index in [4.69, 9.17) is 0 Å². The standard InChI is InChI=1S/C71H45N3/c1-3-17-46(18-4-1)47-33-38-52(39-34-47)72(54-43-50-19-15-25-58-60-27-16-26-59-57-24-9-13-31-65(57)74(70(59)60)68(45-54)69(50)58)53-40-35-48(36-41-53)49-37-42-64-67(44-49)73(51-20-5-2-6-21-51)66-32-14-12-30-63(66)71(64)61-28-10-7-22-55(61)56-23-8-11-29-62(56)71/h1-45H. The maximum absolute atomic E-state index is 2.51. The first-order valence-electron chi connectivity index (χ1n) is 25.7. The van der Waals surface area contributed by atoms with Crippen LogP contribution >= 0.6 is 0 Å². The van der Waals surface area contributed by atoms with Crippen molar-refractivity contribution in [3.63, 3.8) is 0 Å². The third kappa shape index (κ3) is 5.66. The molecule has 0 fully saturated rings. The molecular formula is C71H45N3. The second-order valence-electron chi connectivity index (χ2n) is 20.0. The van der Waals surface area contributed by atoms with Gasteiger partial charge in [-0.15, -0.1) is 0 Å². The Labute approximate surface area is 429 Å². The van der Waals surface area contributed by atoms with E-state index in [1.807, 2.05) is 0 Å². The summed E-state index contributed by atoms with van der Waals surface area (Å²) < 4.78 is 2.51. The molecule has 3 heterocycles. The molecule has 0 unspecified atom stereocenters. The Morgan fingerprint density at radius 2 is 0.838 bits per heavy atom. The third-order valence-corrected chi connectivity index (χ3v) is 16.3. The first-order chi connectivity index (χ1) is 36.7. The fraction of sp³-hybridized carbons (Fsp3) is 0.0141. The van der Waals surface area contributed by atoms with Gasteiger partial charge in [0.25, 0.3) is 0 Å². The number of hydrogen-bond acceptors (Lipinski definition) is 2. The summed E-state index contributed by atoms with van der Waals surface area (Å²) in [6, 6.07) is 101. The summed E-state index contributed by atoms with van der Waals surface area (Å²) in [5.41, 5.74) is 22.5. The summed E-state index contributed by atoms with van der Waals surface area (Å²) in [6.45, 7) is 0. The van der Waals surface area contributed by atoms with Gasteiger partial charge in [-0.05, 0) is 133 Å². The van der Waals surface area contributed by atoms with Gasteiger partial charge in [0, 0.05) is 44.3 Å². The molecule has 14 aromatic rings. The average Bonchev–Trinajstić information content (AvgIpc) is 3.98. The van der Waals surface area contributed by atoms with Gasteiger partial charge in [-0.2, -0.15) is 0 Å². The summed E-state index contributed by atoms with van der Waals surface area (Å²) in [5.74, 6) is 0. The van der Waals surface area contributed by atoms with Crippen LogP contribution in [0.25, 0.3) is 82.2 Å². The van der Waals surface area contributed by atoms with Crippen LogP contribution in [0.4, 0.5) is 34.1 Å². The molecule has 0 saturated carbocycles. The van der Waals surface area contributed by atoms with Crippen LogP contribution < -0.4 is 9.80 Å². The molecule has 0 bridgehead atoms. The molecule has 0 atom stereocenters. The third-order valence-electron chi connectivity index (χ3n) is 16.3. The molecule has 3 heteroatoms. The molecule has 0 N–H and O–H groups in total. The van der Waals surface area contributed by atoms with Crippen molar-refractivity contribution in [2.45, 2.75) is 5.41 Å². The Hall–Kier alpha value is -9.70. The van der Waals surface area contributed by atoms with Crippen LogP contribution in [-0.4, -0.2) is 4.40 Å². The number of rotatable bonds is 6. The number of fused-ring (bicyclic) bond motifs is 14. The monoisotopic (exact) mass is 939 g/mol. The summed E-state index contributed by atoms with van der Waals surface area (Å²) in [7, 11) is 0. The van der Waals surface area contributed by atoms with Gasteiger partial charge in [-0.1, -0.05) is 206 Å². The maximum Gasteiger partial charge on any atom is 0.0754 e.